The predicted octanol–water partition coefficient (Wildman–Crippen LogP) is 4.53. The quantitative estimate of drug-likeness (QED) is 0.139. The Labute approximate surface area is 267 Å². The molecule has 1 heterocycles. The minimum absolute atomic E-state index is 0.172. The Hall–Kier alpha value is -5.45. The van der Waals surface area contributed by atoms with Crippen molar-refractivity contribution in [1.82, 2.24) is 10.2 Å². The van der Waals surface area contributed by atoms with Gasteiger partial charge in [0.05, 0.1) is 26.5 Å². The average molecular weight is 632 g/mol. The molecule has 242 valence electrons. The summed E-state index contributed by atoms with van der Waals surface area (Å²) in [4.78, 5) is 36.8. The van der Waals surface area contributed by atoms with Gasteiger partial charge in [0.1, 0.15) is 17.4 Å². The van der Waals surface area contributed by atoms with Crippen molar-refractivity contribution in [2.75, 3.05) is 52.6 Å². The van der Waals surface area contributed by atoms with E-state index in [4.69, 9.17) is 28.7 Å². The Bertz CT molecular complexity index is 1650. The van der Waals surface area contributed by atoms with Gasteiger partial charge in [0.25, 0.3) is 5.91 Å². The molecule has 1 aliphatic rings. The van der Waals surface area contributed by atoms with E-state index in [1.807, 2.05) is 0 Å². The topological polar surface area (TPSA) is 153 Å². The van der Waals surface area contributed by atoms with E-state index in [0.717, 1.165) is 0 Å². The second-order valence-electron chi connectivity index (χ2n) is 10.8. The van der Waals surface area contributed by atoms with Crippen molar-refractivity contribution in [3.8, 4) is 34.8 Å². The van der Waals surface area contributed by atoms with Crippen molar-refractivity contribution >= 4 is 23.2 Å². The summed E-state index contributed by atoms with van der Waals surface area (Å²) in [5.41, 5.74) is -0.531. The van der Waals surface area contributed by atoms with E-state index in [1.54, 1.807) is 88.1 Å². The Morgan fingerprint density at radius 3 is 2.22 bits per heavy atom. The van der Waals surface area contributed by atoms with E-state index in [-0.39, 0.29) is 18.2 Å². The molecule has 0 spiro atoms. The second kappa shape index (κ2) is 14.1. The highest BCUT2D eigenvalue weighted by atomic mass is 17.2. The van der Waals surface area contributed by atoms with E-state index in [9.17, 15) is 14.9 Å². The molecule has 46 heavy (non-hydrogen) atoms. The summed E-state index contributed by atoms with van der Waals surface area (Å²) in [6.45, 7) is 2.87. The van der Waals surface area contributed by atoms with Gasteiger partial charge in [-0.05, 0) is 56.3 Å². The number of nitrogens with one attached hydrogen (secondary N) is 3. The molecule has 0 fully saturated rings. The standard InChI is InChI=1S/C33H37N5O8/c1-32(2,31(40)36-20-30(39)38(3)4)46-45-27-11-9-8-10-26(27)44-23-14-12-22(13-15-23)37-33(43-7)21(18-34)19-35-25-17-29(42-6)28(41-5)16-24(25)33/h8-17,19,35,37H,20H2,1-7H3,(H,36,40). The van der Waals surface area contributed by atoms with Crippen LogP contribution in [-0.2, 0) is 24.9 Å². The fourth-order valence-electron chi connectivity index (χ4n) is 4.46. The number of benzene rings is 3. The summed E-state index contributed by atoms with van der Waals surface area (Å²) < 4.78 is 23.0. The first-order valence-corrected chi connectivity index (χ1v) is 14.2. The normalized spacial score (nSPS) is 15.2. The summed E-state index contributed by atoms with van der Waals surface area (Å²) >= 11 is 0. The maximum atomic E-state index is 12.6. The summed E-state index contributed by atoms with van der Waals surface area (Å²) in [5, 5.41) is 19.0. The molecule has 0 aliphatic carbocycles. The third-order valence-corrected chi connectivity index (χ3v) is 7.12. The van der Waals surface area contributed by atoms with Gasteiger partial charge in [0.15, 0.2) is 22.8 Å². The van der Waals surface area contributed by atoms with Gasteiger partial charge in [0.2, 0.25) is 17.4 Å². The molecule has 0 bridgehead atoms. The highest BCUT2D eigenvalue weighted by Crippen LogP contribution is 2.46. The summed E-state index contributed by atoms with van der Waals surface area (Å²) in [6, 6.07) is 19.6. The Balaban J connectivity index is 1.50. The maximum Gasteiger partial charge on any atom is 0.256 e. The number of hydrogen-bond donors (Lipinski definition) is 3. The smallest absolute Gasteiger partial charge is 0.256 e. The number of nitriles is 1. The van der Waals surface area contributed by atoms with Gasteiger partial charge in [-0.2, -0.15) is 10.1 Å². The molecule has 1 aliphatic heterocycles. The van der Waals surface area contributed by atoms with Crippen LogP contribution in [0.1, 0.15) is 19.4 Å². The number of hydrogen-bond acceptors (Lipinski definition) is 11. The lowest BCUT2D eigenvalue weighted by molar-refractivity contribution is -0.272. The van der Waals surface area contributed by atoms with Crippen LogP contribution in [0.5, 0.6) is 28.7 Å². The largest absolute Gasteiger partial charge is 0.493 e. The molecule has 0 aromatic heterocycles. The van der Waals surface area contributed by atoms with Crippen LogP contribution in [0.15, 0.2) is 72.4 Å². The Morgan fingerprint density at radius 2 is 1.61 bits per heavy atom. The van der Waals surface area contributed by atoms with Gasteiger partial charge < -0.3 is 44.7 Å². The van der Waals surface area contributed by atoms with Crippen LogP contribution >= 0.6 is 0 Å². The van der Waals surface area contributed by atoms with Crippen LogP contribution in [0.25, 0.3) is 0 Å². The number of nitrogens with zero attached hydrogens (tertiary/aromatic N) is 2. The maximum absolute atomic E-state index is 12.6. The van der Waals surface area contributed by atoms with Gasteiger partial charge in [-0.1, -0.05) is 12.1 Å². The number of ether oxygens (including phenoxy) is 4. The van der Waals surface area contributed by atoms with Crippen molar-refractivity contribution in [2.24, 2.45) is 0 Å². The van der Waals surface area contributed by atoms with Crippen LogP contribution in [-0.4, -0.2) is 64.3 Å². The van der Waals surface area contributed by atoms with Crippen LogP contribution in [0.3, 0.4) is 0 Å². The number of para-hydroxylation sites is 2. The molecule has 3 aromatic rings. The summed E-state index contributed by atoms with van der Waals surface area (Å²) in [5.74, 6) is 1.24. The average Bonchev–Trinajstić information content (AvgIpc) is 3.06. The van der Waals surface area contributed by atoms with Crippen LogP contribution < -0.4 is 35.0 Å². The molecular weight excluding hydrogens is 594 g/mol. The molecule has 1 unspecified atom stereocenters. The SMILES string of the molecule is COc1cc2c(cc1OC)C(Nc1ccc(Oc3ccccc3OOC(C)(C)C(=O)NCC(=O)N(C)C)cc1)(OC)C(C#N)=CN2. The molecule has 0 saturated carbocycles. The van der Waals surface area contributed by atoms with E-state index in [2.05, 4.69) is 22.0 Å². The summed E-state index contributed by atoms with van der Waals surface area (Å²) in [6.07, 6.45) is 1.58. The number of carbonyl (C=O) groups excluding carboxylic acids is 2. The number of fused-ring (bicyclic) bond motifs is 1. The van der Waals surface area contributed by atoms with Gasteiger partial charge in [-0.3, -0.25) is 9.59 Å². The third kappa shape index (κ3) is 7.09. The van der Waals surface area contributed by atoms with Gasteiger partial charge >= 0.3 is 0 Å². The first-order chi connectivity index (χ1) is 22.0. The number of amides is 2. The van der Waals surface area contributed by atoms with Gasteiger partial charge in [-0.25, -0.2) is 0 Å². The highest BCUT2D eigenvalue weighted by Gasteiger charge is 2.42. The van der Waals surface area contributed by atoms with Crippen molar-refractivity contribution in [3.63, 3.8) is 0 Å². The molecule has 4 rings (SSSR count). The Kier molecular flexibility index (Phi) is 10.3. The molecule has 3 N–H and O–H groups in total. The van der Waals surface area contributed by atoms with Crippen LogP contribution in [0, 0.1) is 11.3 Å². The van der Waals surface area contributed by atoms with Crippen molar-refractivity contribution in [3.05, 3.63) is 78.0 Å². The predicted molar refractivity (Wildman–Crippen MR) is 170 cm³/mol. The number of rotatable bonds is 13. The molecule has 0 radical (unpaired) electrons. The van der Waals surface area contributed by atoms with E-state index >= 15 is 0 Å². The van der Waals surface area contributed by atoms with Crippen molar-refractivity contribution in [2.45, 2.75) is 25.2 Å². The highest BCUT2D eigenvalue weighted by molar-refractivity contribution is 5.88. The van der Waals surface area contributed by atoms with E-state index in [0.29, 0.717) is 45.5 Å². The monoisotopic (exact) mass is 631 g/mol. The summed E-state index contributed by atoms with van der Waals surface area (Å²) in [7, 11) is 7.79. The number of anilines is 2. The lowest BCUT2D eigenvalue weighted by Crippen LogP contribution is -2.48. The zero-order valence-electron chi connectivity index (χ0n) is 26.7. The number of methoxy groups -OCH3 is 3. The van der Waals surface area contributed by atoms with Gasteiger partial charge in [0, 0.05) is 44.7 Å². The van der Waals surface area contributed by atoms with Crippen LogP contribution in [0.2, 0.25) is 0 Å². The number of carbonyl (C=O) groups is 2. The number of likely N-dealkylation sites (N-methyl/N-ethyl adjacent to an activating group) is 1. The molecule has 3 aromatic carbocycles. The third-order valence-electron chi connectivity index (χ3n) is 7.12. The van der Waals surface area contributed by atoms with E-state index in [1.165, 1.54) is 33.0 Å². The van der Waals surface area contributed by atoms with Crippen molar-refractivity contribution < 1.29 is 38.3 Å². The minimum atomic E-state index is -1.41. The molecule has 13 heteroatoms. The van der Waals surface area contributed by atoms with Gasteiger partial charge in [-0.15, -0.1) is 0 Å². The minimum Gasteiger partial charge on any atom is -0.493 e. The van der Waals surface area contributed by atoms with Crippen LogP contribution in [0.4, 0.5) is 11.4 Å². The lowest BCUT2D eigenvalue weighted by Gasteiger charge is -2.38. The molecule has 0 saturated heterocycles. The van der Waals surface area contributed by atoms with Crippen molar-refractivity contribution in [1.29, 1.82) is 5.26 Å². The molecular formula is C33H37N5O8. The lowest BCUT2D eigenvalue weighted by atomic mass is 9.90. The Morgan fingerprint density at radius 1 is 0.957 bits per heavy atom. The molecule has 13 nitrogen and oxygen atoms in total. The first kappa shape index (κ1) is 33.4. The fraction of sp³-hybridized carbons (Fsp3) is 0.303. The molecule has 1 atom stereocenters. The first-order valence-electron chi connectivity index (χ1n) is 14.2. The molecule has 2 amide bonds. The van der Waals surface area contributed by atoms with E-state index < -0.39 is 17.2 Å². The zero-order valence-corrected chi connectivity index (χ0v) is 26.7. The fourth-order valence-corrected chi connectivity index (χ4v) is 4.46. The zero-order chi connectivity index (χ0) is 33.5. The second-order valence-corrected chi connectivity index (χ2v) is 10.8.